The minimum Gasteiger partial charge on any atom is -0.490 e. The Morgan fingerprint density at radius 3 is 2.48 bits per heavy atom. The van der Waals surface area contributed by atoms with Crippen LogP contribution in [0, 0.1) is 10.5 Å². The van der Waals surface area contributed by atoms with Crippen molar-refractivity contribution >= 4 is 52.1 Å². The minimum absolute atomic E-state index is 0.191. The molecule has 0 saturated carbocycles. The highest BCUT2D eigenvalue weighted by molar-refractivity contribution is 14.1. The van der Waals surface area contributed by atoms with Crippen molar-refractivity contribution in [3.63, 3.8) is 0 Å². The van der Waals surface area contributed by atoms with Gasteiger partial charge < -0.3 is 14.2 Å². The Bertz CT molecular complexity index is 1230. The molecule has 3 aromatic carbocycles. The number of carbonyl (C=O) groups excluding carboxylic acids is 1. The lowest BCUT2D eigenvalue weighted by Crippen LogP contribution is -2.05. The van der Waals surface area contributed by atoms with Gasteiger partial charge in [-0.15, -0.1) is 0 Å². The van der Waals surface area contributed by atoms with E-state index in [1.54, 1.807) is 18.2 Å². The van der Waals surface area contributed by atoms with Crippen LogP contribution in [0.25, 0.3) is 6.08 Å². The Morgan fingerprint density at radius 2 is 1.79 bits per heavy atom. The molecule has 33 heavy (non-hydrogen) atoms. The van der Waals surface area contributed by atoms with E-state index in [1.807, 2.05) is 62.4 Å². The molecule has 0 unspecified atom stereocenters. The van der Waals surface area contributed by atoms with E-state index >= 15 is 0 Å². The molecule has 0 saturated heterocycles. The fourth-order valence-electron chi connectivity index (χ4n) is 3.20. The van der Waals surface area contributed by atoms with E-state index < -0.39 is 5.97 Å². The molecule has 7 heteroatoms. The number of aliphatic imine (C=N–C) groups is 1. The van der Waals surface area contributed by atoms with Crippen molar-refractivity contribution in [3.8, 4) is 11.5 Å². The molecule has 3 aromatic rings. The maximum Gasteiger partial charge on any atom is 0.363 e. The van der Waals surface area contributed by atoms with Gasteiger partial charge in [-0.05, 0) is 90.0 Å². The van der Waals surface area contributed by atoms with Crippen LogP contribution in [-0.4, -0.2) is 18.5 Å². The molecule has 0 aromatic heterocycles. The molecule has 0 fully saturated rings. The lowest BCUT2D eigenvalue weighted by Gasteiger charge is -2.14. The normalized spacial score (nSPS) is 14.2. The first kappa shape index (κ1) is 23.3. The number of halogens is 2. The zero-order chi connectivity index (χ0) is 23.4. The fourth-order valence-corrected chi connectivity index (χ4v) is 3.83. The van der Waals surface area contributed by atoms with Crippen molar-refractivity contribution in [1.29, 1.82) is 0 Å². The SMILES string of the molecule is CCOc1cc(/C=C2\N=C(c3ccc(C)cc3)OC2=O)cc(Cl)c1OCc1ccc(I)cc1. The molecule has 168 valence electrons. The van der Waals surface area contributed by atoms with Gasteiger partial charge in [-0.25, -0.2) is 9.79 Å². The summed E-state index contributed by atoms with van der Waals surface area (Å²) in [6.45, 7) is 4.67. The molecular weight excluding hydrogens is 553 g/mol. The van der Waals surface area contributed by atoms with Crippen molar-refractivity contribution in [2.45, 2.75) is 20.5 Å². The lowest BCUT2D eigenvalue weighted by molar-refractivity contribution is -0.129. The third-order valence-electron chi connectivity index (χ3n) is 4.85. The van der Waals surface area contributed by atoms with Crippen LogP contribution in [0.1, 0.15) is 29.2 Å². The Labute approximate surface area is 211 Å². The van der Waals surface area contributed by atoms with Gasteiger partial charge in [0.1, 0.15) is 6.61 Å². The molecule has 4 rings (SSSR count). The standard InChI is InChI=1S/C26H21ClINO4/c1-3-31-23-14-18(12-21(27)24(23)32-15-17-6-10-20(28)11-7-17)13-22-26(30)33-25(29-22)19-8-4-16(2)5-9-19/h4-14H,3,15H2,1-2H3/b22-13-. The Kier molecular flexibility index (Phi) is 7.35. The summed E-state index contributed by atoms with van der Waals surface area (Å²) in [5, 5.41) is 0.382. The van der Waals surface area contributed by atoms with Gasteiger partial charge in [-0.3, -0.25) is 0 Å². The molecule has 0 atom stereocenters. The molecule has 0 amide bonds. The van der Waals surface area contributed by atoms with E-state index in [4.69, 9.17) is 25.8 Å². The summed E-state index contributed by atoms with van der Waals surface area (Å²) in [5.41, 5.74) is 3.72. The number of aryl methyl sites for hydroxylation is 1. The first-order valence-corrected chi connectivity index (χ1v) is 11.8. The Hall–Kier alpha value is -2.84. The van der Waals surface area contributed by atoms with E-state index in [0.717, 1.165) is 20.3 Å². The summed E-state index contributed by atoms with van der Waals surface area (Å²) >= 11 is 8.79. The van der Waals surface area contributed by atoms with Gasteiger partial charge in [0.25, 0.3) is 0 Å². The van der Waals surface area contributed by atoms with Crippen molar-refractivity contribution in [3.05, 3.63) is 97.2 Å². The number of ether oxygens (including phenoxy) is 3. The minimum atomic E-state index is -0.515. The largest absolute Gasteiger partial charge is 0.490 e. The summed E-state index contributed by atoms with van der Waals surface area (Å²) in [7, 11) is 0. The van der Waals surface area contributed by atoms with Crippen LogP contribution in [0.4, 0.5) is 0 Å². The third kappa shape index (κ3) is 5.75. The fraction of sp³-hybridized carbons (Fsp3) is 0.154. The zero-order valence-corrected chi connectivity index (χ0v) is 21.0. The van der Waals surface area contributed by atoms with Crippen molar-refractivity contribution in [2.24, 2.45) is 4.99 Å². The van der Waals surface area contributed by atoms with Crippen LogP contribution >= 0.6 is 34.2 Å². The van der Waals surface area contributed by atoms with Crippen LogP contribution in [0.3, 0.4) is 0 Å². The average molecular weight is 574 g/mol. The predicted octanol–water partition coefficient (Wildman–Crippen LogP) is 6.58. The van der Waals surface area contributed by atoms with Gasteiger partial charge in [0.2, 0.25) is 5.90 Å². The molecule has 0 spiro atoms. The van der Waals surface area contributed by atoms with E-state index in [9.17, 15) is 4.79 Å². The summed E-state index contributed by atoms with van der Waals surface area (Å²) in [6, 6.07) is 19.2. The number of nitrogens with zero attached hydrogens (tertiary/aromatic N) is 1. The molecule has 1 heterocycles. The molecular formula is C26H21ClINO4. The van der Waals surface area contributed by atoms with Crippen molar-refractivity contribution in [2.75, 3.05) is 6.61 Å². The quantitative estimate of drug-likeness (QED) is 0.182. The first-order chi connectivity index (χ1) is 15.9. The number of rotatable bonds is 7. The molecule has 0 bridgehead atoms. The monoisotopic (exact) mass is 573 g/mol. The predicted molar refractivity (Wildman–Crippen MR) is 138 cm³/mol. The van der Waals surface area contributed by atoms with Crippen LogP contribution in [-0.2, 0) is 16.1 Å². The van der Waals surface area contributed by atoms with Gasteiger partial charge in [0, 0.05) is 9.13 Å². The highest BCUT2D eigenvalue weighted by Gasteiger charge is 2.24. The van der Waals surface area contributed by atoms with Crippen LogP contribution in [0.5, 0.6) is 11.5 Å². The highest BCUT2D eigenvalue weighted by atomic mass is 127. The first-order valence-electron chi connectivity index (χ1n) is 10.4. The maximum absolute atomic E-state index is 12.4. The second-order valence-electron chi connectivity index (χ2n) is 7.38. The topological polar surface area (TPSA) is 57.1 Å². The number of hydrogen-bond acceptors (Lipinski definition) is 5. The van der Waals surface area contributed by atoms with Crippen LogP contribution in [0.2, 0.25) is 5.02 Å². The molecule has 5 nitrogen and oxygen atoms in total. The number of hydrogen-bond donors (Lipinski definition) is 0. The lowest BCUT2D eigenvalue weighted by atomic mass is 10.1. The average Bonchev–Trinajstić information content (AvgIpc) is 3.15. The van der Waals surface area contributed by atoms with Crippen LogP contribution < -0.4 is 9.47 Å². The second-order valence-corrected chi connectivity index (χ2v) is 9.03. The summed E-state index contributed by atoms with van der Waals surface area (Å²) < 4.78 is 18.3. The summed E-state index contributed by atoms with van der Waals surface area (Å²) in [5.74, 6) is 0.715. The molecule has 0 radical (unpaired) electrons. The van der Waals surface area contributed by atoms with Gasteiger partial charge >= 0.3 is 5.97 Å². The van der Waals surface area contributed by atoms with Crippen molar-refractivity contribution < 1.29 is 19.0 Å². The highest BCUT2D eigenvalue weighted by Crippen LogP contribution is 2.38. The van der Waals surface area contributed by atoms with Gasteiger partial charge in [0.05, 0.1) is 11.6 Å². The summed E-state index contributed by atoms with van der Waals surface area (Å²) in [6.07, 6.45) is 1.63. The van der Waals surface area contributed by atoms with Gasteiger partial charge in [-0.1, -0.05) is 41.4 Å². The number of esters is 1. The van der Waals surface area contributed by atoms with Crippen molar-refractivity contribution in [1.82, 2.24) is 0 Å². The molecule has 1 aliphatic rings. The summed E-state index contributed by atoms with van der Waals surface area (Å²) in [4.78, 5) is 16.7. The van der Waals surface area contributed by atoms with Gasteiger partial charge in [0.15, 0.2) is 17.2 Å². The Morgan fingerprint density at radius 1 is 1.06 bits per heavy atom. The zero-order valence-electron chi connectivity index (χ0n) is 18.1. The van der Waals surface area contributed by atoms with Gasteiger partial charge in [-0.2, -0.15) is 0 Å². The van der Waals surface area contributed by atoms with E-state index in [-0.39, 0.29) is 11.6 Å². The smallest absolute Gasteiger partial charge is 0.363 e. The Balaban J connectivity index is 1.60. The molecule has 0 aliphatic carbocycles. The second kappa shape index (κ2) is 10.4. The number of cyclic esters (lactones) is 1. The van der Waals surface area contributed by atoms with Crippen LogP contribution in [0.15, 0.2) is 71.4 Å². The van der Waals surface area contributed by atoms with E-state index in [1.165, 1.54) is 0 Å². The molecule has 0 N–H and O–H groups in total. The van der Waals surface area contributed by atoms with E-state index in [2.05, 4.69) is 27.6 Å². The number of carbonyl (C=O) groups is 1. The number of benzene rings is 3. The maximum atomic E-state index is 12.4. The third-order valence-corrected chi connectivity index (χ3v) is 5.85. The van der Waals surface area contributed by atoms with E-state index in [0.29, 0.717) is 35.3 Å². The molecule has 1 aliphatic heterocycles.